The van der Waals surface area contributed by atoms with E-state index >= 15 is 0 Å². The van der Waals surface area contributed by atoms with Crippen molar-refractivity contribution < 1.29 is 0 Å². The van der Waals surface area contributed by atoms with Gasteiger partial charge >= 0.3 is 0 Å². The van der Waals surface area contributed by atoms with E-state index in [1.165, 1.54) is 113 Å². The van der Waals surface area contributed by atoms with E-state index < -0.39 is 0 Å². The van der Waals surface area contributed by atoms with Gasteiger partial charge < -0.3 is 4.90 Å². The molecule has 0 unspecified atom stereocenters. The highest BCUT2D eigenvalue weighted by Crippen LogP contribution is 2.48. The average molecular weight is 814 g/mol. The van der Waals surface area contributed by atoms with Gasteiger partial charge in [0, 0.05) is 46.3 Å². The van der Waals surface area contributed by atoms with Gasteiger partial charge in [0.25, 0.3) is 0 Å². The zero-order valence-electron chi connectivity index (χ0n) is 32.4. The standard InChI is InChI=1S/C54H33B2NS3/c1-4-16-34(17-5-1)37-28-46-53-50(29-37)59-48-33-49-43(56-41-24-12-15-27-47(41)58-51-30-38(31-52(60-49)54(51)56)35-18-6-2-7-19-35)32-42(48)55(53)40-23-11-14-26-45(40)57(46)44-25-13-10-22-39(44)36-20-8-3-9-21-36/h1-33H. The zero-order valence-corrected chi connectivity index (χ0v) is 34.8. The molecule has 0 spiro atoms. The maximum Gasteiger partial charge on any atom is 0.249 e. The van der Waals surface area contributed by atoms with Crippen LogP contribution in [0.3, 0.4) is 0 Å². The van der Waals surface area contributed by atoms with E-state index in [4.69, 9.17) is 0 Å². The highest BCUT2D eigenvalue weighted by Gasteiger charge is 2.44. The normalized spacial score (nSPS) is 13.7. The Morgan fingerprint density at radius 1 is 0.283 bits per heavy atom. The molecule has 9 aromatic rings. The third-order valence-corrected chi connectivity index (χ3v) is 16.0. The minimum atomic E-state index is 0.0808. The molecule has 60 heavy (non-hydrogen) atoms. The molecule has 6 heteroatoms. The third kappa shape index (κ3) is 5.34. The van der Waals surface area contributed by atoms with E-state index in [1.54, 1.807) is 0 Å². The van der Waals surface area contributed by atoms with Crippen LogP contribution in [0.2, 0.25) is 0 Å². The Morgan fingerprint density at radius 3 is 1.43 bits per heavy atom. The lowest BCUT2D eigenvalue weighted by Gasteiger charge is -2.42. The van der Waals surface area contributed by atoms with Gasteiger partial charge in [-0.05, 0) is 92.7 Å². The first-order valence-electron chi connectivity index (χ1n) is 20.6. The first-order valence-corrected chi connectivity index (χ1v) is 23.0. The number of benzene rings is 9. The monoisotopic (exact) mass is 813 g/mol. The van der Waals surface area contributed by atoms with E-state index in [2.05, 4.69) is 205 Å². The van der Waals surface area contributed by atoms with Crippen LogP contribution in [0.25, 0.3) is 33.4 Å². The first kappa shape index (κ1) is 34.8. The van der Waals surface area contributed by atoms with Gasteiger partial charge in [-0.2, -0.15) is 0 Å². The minimum Gasteiger partial charge on any atom is -0.311 e. The summed E-state index contributed by atoms with van der Waals surface area (Å²) < 4.78 is 0. The van der Waals surface area contributed by atoms with Crippen molar-refractivity contribution in [1.29, 1.82) is 0 Å². The second kappa shape index (κ2) is 13.8. The fourth-order valence-corrected chi connectivity index (χ4v) is 13.8. The van der Waals surface area contributed by atoms with Crippen molar-refractivity contribution in [3.63, 3.8) is 0 Å². The smallest absolute Gasteiger partial charge is 0.249 e. The van der Waals surface area contributed by atoms with E-state index in [-0.39, 0.29) is 13.4 Å². The van der Waals surface area contributed by atoms with Crippen LogP contribution in [0, 0.1) is 0 Å². The molecule has 0 N–H and O–H groups in total. The Hall–Kier alpha value is -6.04. The lowest BCUT2D eigenvalue weighted by atomic mass is 9.32. The van der Waals surface area contributed by atoms with Gasteiger partial charge in [0.1, 0.15) is 0 Å². The van der Waals surface area contributed by atoms with Crippen molar-refractivity contribution in [2.24, 2.45) is 0 Å². The van der Waals surface area contributed by atoms with Gasteiger partial charge in [0.15, 0.2) is 0 Å². The lowest BCUT2D eigenvalue weighted by Crippen LogP contribution is -2.63. The Bertz CT molecular complexity index is 3210. The Morgan fingerprint density at radius 2 is 0.767 bits per heavy atom. The third-order valence-electron chi connectivity index (χ3n) is 12.6. The molecule has 9 aromatic carbocycles. The van der Waals surface area contributed by atoms with Crippen molar-refractivity contribution in [2.45, 2.75) is 29.4 Å². The number of para-hydroxylation sites is 2. The van der Waals surface area contributed by atoms with Gasteiger partial charge in [0.2, 0.25) is 13.4 Å². The summed E-state index contributed by atoms with van der Waals surface area (Å²) in [6.07, 6.45) is 0. The molecule has 4 aliphatic rings. The van der Waals surface area contributed by atoms with Crippen LogP contribution in [0.4, 0.5) is 17.1 Å². The summed E-state index contributed by atoms with van der Waals surface area (Å²) in [5.41, 5.74) is 19.6. The fraction of sp³-hybridized carbons (Fsp3) is 0. The predicted molar refractivity (Wildman–Crippen MR) is 258 cm³/mol. The second-order valence-electron chi connectivity index (χ2n) is 15.9. The van der Waals surface area contributed by atoms with Gasteiger partial charge in [-0.1, -0.05) is 203 Å². The number of nitrogens with zero attached hydrogens (tertiary/aromatic N) is 1. The SMILES string of the molecule is c1ccc(-c2cc3c4c(c2)Sc2cc5c(cc2B4c2ccccc2S3)B2c3ccccc3N(c3ccccc3-c3ccccc3)c3cc(-c4ccccc4)cc(c32)S5)cc1. The molecular formula is C54H33B2NS3. The molecule has 0 saturated heterocycles. The summed E-state index contributed by atoms with van der Waals surface area (Å²) in [6.45, 7) is 0.246. The van der Waals surface area contributed by atoms with Crippen molar-refractivity contribution in [1.82, 2.24) is 0 Å². The van der Waals surface area contributed by atoms with E-state index in [1.807, 2.05) is 35.3 Å². The Balaban J connectivity index is 1.05. The van der Waals surface area contributed by atoms with Crippen LogP contribution in [0.5, 0.6) is 0 Å². The Labute approximate surface area is 364 Å². The van der Waals surface area contributed by atoms with Crippen LogP contribution in [0.1, 0.15) is 0 Å². The molecule has 13 rings (SSSR count). The van der Waals surface area contributed by atoms with Gasteiger partial charge in [0.05, 0.1) is 5.69 Å². The zero-order chi connectivity index (χ0) is 39.3. The molecule has 4 aliphatic heterocycles. The lowest BCUT2D eigenvalue weighted by molar-refractivity contribution is 1.26. The van der Waals surface area contributed by atoms with Gasteiger partial charge in [-0.25, -0.2) is 0 Å². The Kier molecular flexibility index (Phi) is 7.97. The van der Waals surface area contributed by atoms with Crippen LogP contribution in [-0.2, 0) is 0 Å². The minimum absolute atomic E-state index is 0.0808. The van der Waals surface area contributed by atoms with Gasteiger partial charge in [-0.3, -0.25) is 0 Å². The van der Waals surface area contributed by atoms with Crippen LogP contribution >= 0.6 is 35.3 Å². The average Bonchev–Trinajstić information content (AvgIpc) is 3.31. The van der Waals surface area contributed by atoms with Crippen LogP contribution in [0.15, 0.2) is 230 Å². The maximum absolute atomic E-state index is 2.62. The second-order valence-corrected chi connectivity index (χ2v) is 19.2. The molecule has 0 fully saturated rings. The molecule has 0 atom stereocenters. The summed E-state index contributed by atoms with van der Waals surface area (Å²) in [7, 11) is 0. The van der Waals surface area contributed by atoms with Crippen molar-refractivity contribution >= 4 is 98.6 Å². The first-order chi connectivity index (χ1) is 29.7. The molecule has 0 amide bonds. The summed E-state index contributed by atoms with van der Waals surface area (Å²) >= 11 is 5.85. The van der Waals surface area contributed by atoms with Gasteiger partial charge in [-0.15, -0.1) is 0 Å². The van der Waals surface area contributed by atoms with Crippen molar-refractivity contribution in [3.8, 4) is 33.4 Å². The molecule has 0 radical (unpaired) electrons. The largest absolute Gasteiger partial charge is 0.311 e. The topological polar surface area (TPSA) is 3.24 Å². The quantitative estimate of drug-likeness (QED) is 0.163. The molecule has 0 aromatic heterocycles. The molecule has 0 bridgehead atoms. The summed E-state index contributed by atoms with van der Waals surface area (Å²) in [4.78, 5) is 10.7. The van der Waals surface area contributed by atoms with Crippen molar-refractivity contribution in [2.75, 3.05) is 4.90 Å². The van der Waals surface area contributed by atoms with E-state index in [0.717, 1.165) is 0 Å². The predicted octanol–water partition coefficient (Wildman–Crippen LogP) is 10.9. The number of hydrogen-bond acceptors (Lipinski definition) is 4. The van der Waals surface area contributed by atoms with Crippen molar-refractivity contribution in [3.05, 3.63) is 200 Å². The number of anilines is 3. The highest BCUT2D eigenvalue weighted by molar-refractivity contribution is 8.01. The highest BCUT2D eigenvalue weighted by atomic mass is 32.2. The van der Waals surface area contributed by atoms with Crippen LogP contribution < -0.4 is 37.7 Å². The number of hydrogen-bond donors (Lipinski definition) is 0. The molecule has 1 nitrogen and oxygen atoms in total. The maximum atomic E-state index is 2.62. The molecule has 0 aliphatic carbocycles. The fourth-order valence-electron chi connectivity index (χ4n) is 10.0. The molecule has 0 saturated carbocycles. The number of fused-ring (bicyclic) bond motifs is 8. The summed E-state index contributed by atoms with van der Waals surface area (Å²) in [5.74, 6) is 0. The molecule has 4 heterocycles. The van der Waals surface area contributed by atoms with Crippen LogP contribution in [-0.4, -0.2) is 13.4 Å². The van der Waals surface area contributed by atoms with E-state index in [0.29, 0.717) is 0 Å². The molecular weight excluding hydrogens is 780 g/mol. The number of rotatable bonds is 4. The summed E-state index contributed by atoms with van der Waals surface area (Å²) in [6, 6.07) is 74.8. The summed E-state index contributed by atoms with van der Waals surface area (Å²) in [5, 5.41) is 0. The molecule has 278 valence electrons. The van der Waals surface area contributed by atoms with E-state index in [9.17, 15) is 0 Å².